The number of aromatic nitrogens is 5. The van der Waals surface area contributed by atoms with Crippen LogP contribution in [0.5, 0.6) is 11.6 Å². The number of hydrogen-bond donors (Lipinski definition) is 2. The van der Waals surface area contributed by atoms with Crippen molar-refractivity contribution in [3.63, 3.8) is 0 Å². The SMILES string of the molecule is Cc1nc(Oc2cc(C#N)ccc2-n2cc([C@H](O)CN)cn2)cc(-c2ccccn2)n1. The number of ether oxygens (including phenoxy) is 1. The van der Waals surface area contributed by atoms with Gasteiger partial charge in [0.15, 0.2) is 5.75 Å². The summed E-state index contributed by atoms with van der Waals surface area (Å²) in [5.41, 5.74) is 8.41. The second kappa shape index (κ2) is 8.71. The van der Waals surface area contributed by atoms with Gasteiger partial charge in [0.25, 0.3) is 0 Å². The first-order valence-electron chi connectivity index (χ1n) is 9.49. The maximum atomic E-state index is 9.97. The Labute approximate surface area is 178 Å². The van der Waals surface area contributed by atoms with E-state index in [-0.39, 0.29) is 6.54 Å². The van der Waals surface area contributed by atoms with Gasteiger partial charge in [-0.05, 0) is 31.2 Å². The molecule has 3 N–H and O–H groups in total. The Morgan fingerprint density at radius 1 is 1.19 bits per heavy atom. The molecule has 4 rings (SSSR count). The van der Waals surface area contributed by atoms with Gasteiger partial charge in [0.1, 0.15) is 11.5 Å². The molecule has 154 valence electrons. The van der Waals surface area contributed by atoms with Gasteiger partial charge in [-0.15, -0.1) is 0 Å². The van der Waals surface area contributed by atoms with Gasteiger partial charge >= 0.3 is 0 Å². The number of aliphatic hydroxyl groups is 1. The van der Waals surface area contributed by atoms with Crippen molar-refractivity contribution in [3.05, 3.63) is 78.0 Å². The summed E-state index contributed by atoms with van der Waals surface area (Å²) in [6.07, 6.45) is 4.07. The number of nitriles is 1. The fraction of sp³-hybridized carbons (Fsp3) is 0.136. The maximum absolute atomic E-state index is 9.97. The molecule has 0 spiro atoms. The van der Waals surface area contributed by atoms with Crippen molar-refractivity contribution in [2.75, 3.05) is 6.54 Å². The van der Waals surface area contributed by atoms with E-state index >= 15 is 0 Å². The van der Waals surface area contributed by atoms with E-state index in [2.05, 4.69) is 26.1 Å². The van der Waals surface area contributed by atoms with Gasteiger partial charge in [0.2, 0.25) is 5.88 Å². The van der Waals surface area contributed by atoms with E-state index in [0.717, 1.165) is 0 Å². The van der Waals surface area contributed by atoms with Crippen molar-refractivity contribution in [2.24, 2.45) is 5.73 Å². The summed E-state index contributed by atoms with van der Waals surface area (Å²) in [5, 5.41) is 23.6. The van der Waals surface area contributed by atoms with Gasteiger partial charge in [-0.2, -0.15) is 15.3 Å². The Bertz CT molecular complexity index is 1250. The lowest BCUT2D eigenvalue weighted by molar-refractivity contribution is 0.186. The molecule has 3 heterocycles. The summed E-state index contributed by atoms with van der Waals surface area (Å²) in [6, 6.07) is 14.3. The van der Waals surface area contributed by atoms with Crippen LogP contribution in [-0.4, -0.2) is 36.4 Å². The van der Waals surface area contributed by atoms with Gasteiger partial charge in [0.05, 0.1) is 35.3 Å². The fourth-order valence-corrected chi connectivity index (χ4v) is 2.98. The Hall–Kier alpha value is -4.13. The number of hydrogen-bond acceptors (Lipinski definition) is 8. The van der Waals surface area contributed by atoms with Crippen molar-refractivity contribution in [1.82, 2.24) is 24.7 Å². The highest BCUT2D eigenvalue weighted by Crippen LogP contribution is 2.30. The molecule has 3 aromatic heterocycles. The van der Waals surface area contributed by atoms with Crippen molar-refractivity contribution >= 4 is 0 Å². The highest BCUT2D eigenvalue weighted by atomic mass is 16.5. The molecular formula is C22H19N7O2. The van der Waals surface area contributed by atoms with Crippen LogP contribution >= 0.6 is 0 Å². The lowest BCUT2D eigenvalue weighted by Gasteiger charge is -2.12. The van der Waals surface area contributed by atoms with Crippen LogP contribution < -0.4 is 10.5 Å². The number of aliphatic hydroxyl groups excluding tert-OH is 1. The summed E-state index contributed by atoms with van der Waals surface area (Å²) in [6.45, 7) is 1.85. The third-order valence-corrected chi connectivity index (χ3v) is 4.50. The molecule has 0 saturated carbocycles. The summed E-state index contributed by atoms with van der Waals surface area (Å²) < 4.78 is 7.62. The van der Waals surface area contributed by atoms with E-state index in [9.17, 15) is 10.4 Å². The van der Waals surface area contributed by atoms with Crippen molar-refractivity contribution in [1.29, 1.82) is 5.26 Å². The topological polar surface area (TPSA) is 136 Å². The normalized spacial score (nSPS) is 11.7. The number of nitrogens with zero attached hydrogens (tertiary/aromatic N) is 6. The molecule has 0 amide bonds. The molecule has 31 heavy (non-hydrogen) atoms. The van der Waals surface area contributed by atoms with Crippen LogP contribution in [0.2, 0.25) is 0 Å². The smallest absolute Gasteiger partial charge is 0.223 e. The minimum atomic E-state index is -0.818. The molecule has 0 aliphatic rings. The molecule has 9 heteroatoms. The van der Waals surface area contributed by atoms with Crippen molar-refractivity contribution in [2.45, 2.75) is 13.0 Å². The Morgan fingerprint density at radius 2 is 2.06 bits per heavy atom. The standard InChI is InChI=1S/C22H19N7O2/c1-14-27-18(17-4-2-3-7-25-17)9-22(28-14)31-21-8-15(10-23)5-6-19(21)29-13-16(12-26-29)20(30)11-24/h2-9,12-13,20,30H,11,24H2,1H3/t20-/m1/s1. The second-order valence-corrected chi connectivity index (χ2v) is 6.72. The zero-order valence-corrected chi connectivity index (χ0v) is 16.7. The van der Waals surface area contributed by atoms with Crippen LogP contribution in [0, 0.1) is 18.3 Å². The average Bonchev–Trinajstić information content (AvgIpc) is 3.28. The molecule has 9 nitrogen and oxygen atoms in total. The third-order valence-electron chi connectivity index (χ3n) is 4.50. The molecule has 0 aliphatic carbocycles. The number of nitrogens with two attached hydrogens (primary N) is 1. The van der Waals surface area contributed by atoms with Crippen LogP contribution in [0.1, 0.15) is 23.1 Å². The van der Waals surface area contributed by atoms with Crippen LogP contribution in [-0.2, 0) is 0 Å². The predicted molar refractivity (Wildman–Crippen MR) is 112 cm³/mol. The minimum absolute atomic E-state index is 0.0823. The monoisotopic (exact) mass is 413 g/mol. The first kappa shape index (κ1) is 20.2. The number of aryl methyl sites for hydroxylation is 1. The minimum Gasteiger partial charge on any atom is -0.437 e. The lowest BCUT2D eigenvalue weighted by atomic mass is 10.2. The van der Waals surface area contributed by atoms with E-state index in [4.69, 9.17) is 10.5 Å². The van der Waals surface area contributed by atoms with Crippen LogP contribution in [0.25, 0.3) is 17.1 Å². The van der Waals surface area contributed by atoms with Gasteiger partial charge in [0, 0.05) is 36.6 Å². The number of pyridine rings is 1. The van der Waals surface area contributed by atoms with Crippen LogP contribution in [0.15, 0.2) is 61.1 Å². The number of benzene rings is 1. The van der Waals surface area contributed by atoms with Crippen molar-refractivity contribution in [3.8, 4) is 34.8 Å². The highest BCUT2D eigenvalue weighted by Gasteiger charge is 2.15. The summed E-state index contributed by atoms with van der Waals surface area (Å²) in [5.74, 6) is 1.20. The molecule has 0 fully saturated rings. The van der Waals surface area contributed by atoms with E-state index in [1.807, 2.05) is 18.2 Å². The molecule has 0 aliphatic heterocycles. The van der Waals surface area contributed by atoms with Gasteiger partial charge in [-0.1, -0.05) is 6.07 Å². The highest BCUT2D eigenvalue weighted by molar-refractivity contribution is 5.57. The quantitative estimate of drug-likeness (QED) is 0.492. The first-order valence-corrected chi connectivity index (χ1v) is 9.49. The molecule has 4 aromatic rings. The van der Waals surface area contributed by atoms with E-state index in [1.54, 1.807) is 48.3 Å². The summed E-state index contributed by atoms with van der Waals surface area (Å²) in [4.78, 5) is 13.1. The predicted octanol–water partition coefficient (Wildman–Crippen LogP) is 2.69. The molecule has 0 unspecified atom stereocenters. The van der Waals surface area contributed by atoms with E-state index in [0.29, 0.717) is 45.7 Å². The molecule has 0 bridgehead atoms. The second-order valence-electron chi connectivity index (χ2n) is 6.72. The van der Waals surface area contributed by atoms with Gasteiger partial charge < -0.3 is 15.6 Å². The van der Waals surface area contributed by atoms with E-state index < -0.39 is 6.10 Å². The summed E-state index contributed by atoms with van der Waals surface area (Å²) in [7, 11) is 0. The third kappa shape index (κ3) is 4.40. The summed E-state index contributed by atoms with van der Waals surface area (Å²) >= 11 is 0. The molecule has 0 radical (unpaired) electrons. The first-order chi connectivity index (χ1) is 15.1. The number of rotatable bonds is 6. The zero-order valence-electron chi connectivity index (χ0n) is 16.7. The molecular weight excluding hydrogens is 394 g/mol. The zero-order chi connectivity index (χ0) is 21.8. The molecule has 1 atom stereocenters. The van der Waals surface area contributed by atoms with Crippen LogP contribution in [0.4, 0.5) is 0 Å². The lowest BCUT2D eigenvalue weighted by Crippen LogP contribution is -2.10. The largest absolute Gasteiger partial charge is 0.437 e. The molecule has 0 saturated heterocycles. The maximum Gasteiger partial charge on any atom is 0.223 e. The average molecular weight is 413 g/mol. The van der Waals surface area contributed by atoms with Crippen LogP contribution in [0.3, 0.4) is 0 Å². The van der Waals surface area contributed by atoms with Crippen molar-refractivity contribution < 1.29 is 9.84 Å². The Morgan fingerprint density at radius 3 is 2.81 bits per heavy atom. The van der Waals surface area contributed by atoms with Gasteiger partial charge in [-0.25, -0.2) is 9.67 Å². The Balaban J connectivity index is 1.74. The molecule has 1 aromatic carbocycles. The Kier molecular flexibility index (Phi) is 5.66. The fourth-order valence-electron chi connectivity index (χ4n) is 2.98. The van der Waals surface area contributed by atoms with Gasteiger partial charge in [-0.3, -0.25) is 4.98 Å². The van der Waals surface area contributed by atoms with E-state index in [1.165, 1.54) is 6.20 Å².